The molecule has 0 amide bonds. The summed E-state index contributed by atoms with van der Waals surface area (Å²) in [5.74, 6) is -0.933. The lowest BCUT2D eigenvalue weighted by atomic mass is 9.98. The van der Waals surface area contributed by atoms with Gasteiger partial charge >= 0.3 is 5.97 Å². The topological polar surface area (TPSA) is 77.2 Å². The van der Waals surface area contributed by atoms with E-state index >= 15 is 0 Å². The first-order valence-corrected chi connectivity index (χ1v) is 7.85. The number of carboxylic acid groups (broad SMARTS) is 1. The smallest absolute Gasteiger partial charge is 0.358 e. The van der Waals surface area contributed by atoms with Gasteiger partial charge in [-0.1, -0.05) is 31.9 Å². The molecule has 21 heavy (non-hydrogen) atoms. The molecule has 2 aliphatic rings. The summed E-state index contributed by atoms with van der Waals surface area (Å²) in [6, 6.07) is 0. The predicted molar refractivity (Wildman–Crippen MR) is 76.4 cm³/mol. The van der Waals surface area contributed by atoms with E-state index in [0.717, 1.165) is 25.7 Å². The Morgan fingerprint density at radius 1 is 1.43 bits per heavy atom. The minimum atomic E-state index is -1.01. The van der Waals surface area contributed by atoms with Crippen LogP contribution >= 0.6 is 0 Å². The first kappa shape index (κ1) is 14.5. The highest BCUT2D eigenvalue weighted by molar-refractivity contribution is 5.86. The average molecular weight is 293 g/mol. The monoisotopic (exact) mass is 293 g/mol. The zero-order chi connectivity index (χ0) is 15.0. The normalized spacial score (nSPS) is 24.2. The molecule has 1 atom stereocenters. The van der Waals surface area contributed by atoms with Crippen LogP contribution in [0.15, 0.2) is 0 Å². The van der Waals surface area contributed by atoms with Gasteiger partial charge in [-0.15, -0.1) is 5.10 Å². The van der Waals surface area contributed by atoms with Gasteiger partial charge in [0.2, 0.25) is 0 Å². The molecule has 0 radical (unpaired) electrons. The third-order valence-electron chi connectivity index (χ3n) is 4.75. The Bertz CT molecular complexity index is 532. The van der Waals surface area contributed by atoms with Crippen molar-refractivity contribution in [3.05, 3.63) is 11.4 Å². The van der Waals surface area contributed by atoms with Crippen molar-refractivity contribution in [2.45, 2.75) is 76.5 Å². The Hall–Kier alpha value is -1.43. The summed E-state index contributed by atoms with van der Waals surface area (Å²) in [6.45, 7) is 4.54. The second-order valence-electron chi connectivity index (χ2n) is 6.63. The summed E-state index contributed by atoms with van der Waals surface area (Å²) in [4.78, 5) is 11.2. The largest absolute Gasteiger partial charge is 0.476 e. The number of aromatic carboxylic acids is 1. The van der Waals surface area contributed by atoms with Gasteiger partial charge < -0.3 is 9.84 Å². The summed E-state index contributed by atoms with van der Waals surface area (Å²) >= 11 is 0. The highest BCUT2D eigenvalue weighted by Gasteiger charge is 2.42. The van der Waals surface area contributed by atoms with Crippen molar-refractivity contribution in [3.8, 4) is 0 Å². The standard InChI is InChI=1S/C15H23N3O3/c1-10(2)13-12(14(19)20)16-17-18(13)9-11-5-8-15(21-11)6-3-4-7-15/h10-11H,3-9H2,1-2H3,(H,19,20). The molecule has 1 aliphatic carbocycles. The van der Waals surface area contributed by atoms with E-state index in [9.17, 15) is 9.90 Å². The van der Waals surface area contributed by atoms with E-state index in [4.69, 9.17) is 4.74 Å². The second kappa shape index (κ2) is 5.40. The van der Waals surface area contributed by atoms with Crippen molar-refractivity contribution >= 4 is 5.97 Å². The molecule has 1 saturated carbocycles. The maximum Gasteiger partial charge on any atom is 0.358 e. The molecule has 1 unspecified atom stereocenters. The van der Waals surface area contributed by atoms with Gasteiger partial charge in [-0.3, -0.25) is 0 Å². The van der Waals surface area contributed by atoms with E-state index in [1.807, 2.05) is 13.8 Å². The van der Waals surface area contributed by atoms with Crippen LogP contribution in [-0.2, 0) is 11.3 Å². The molecule has 1 aromatic heterocycles. The summed E-state index contributed by atoms with van der Waals surface area (Å²) in [5, 5.41) is 17.1. The second-order valence-corrected chi connectivity index (χ2v) is 6.63. The van der Waals surface area contributed by atoms with Gasteiger partial charge in [0.05, 0.1) is 23.9 Å². The Labute approximate surface area is 124 Å². The molecule has 1 spiro atoms. The molecule has 0 bridgehead atoms. The first-order valence-electron chi connectivity index (χ1n) is 7.85. The highest BCUT2D eigenvalue weighted by atomic mass is 16.5. The quantitative estimate of drug-likeness (QED) is 0.923. The van der Waals surface area contributed by atoms with Crippen molar-refractivity contribution < 1.29 is 14.6 Å². The lowest BCUT2D eigenvalue weighted by Crippen LogP contribution is -2.27. The van der Waals surface area contributed by atoms with Crippen LogP contribution in [0.5, 0.6) is 0 Å². The zero-order valence-corrected chi connectivity index (χ0v) is 12.7. The fraction of sp³-hybridized carbons (Fsp3) is 0.800. The summed E-state index contributed by atoms with van der Waals surface area (Å²) < 4.78 is 8.01. The third kappa shape index (κ3) is 2.69. The Morgan fingerprint density at radius 2 is 2.14 bits per heavy atom. The number of carboxylic acids is 1. The number of aromatic nitrogens is 3. The minimum Gasteiger partial charge on any atom is -0.476 e. The number of nitrogens with zero attached hydrogens (tertiary/aromatic N) is 3. The summed E-state index contributed by atoms with van der Waals surface area (Å²) in [7, 11) is 0. The lowest BCUT2D eigenvalue weighted by molar-refractivity contribution is -0.0433. The first-order chi connectivity index (χ1) is 10.0. The van der Waals surface area contributed by atoms with E-state index in [1.165, 1.54) is 12.8 Å². The van der Waals surface area contributed by atoms with E-state index < -0.39 is 5.97 Å². The minimum absolute atomic E-state index is 0.0681. The maximum absolute atomic E-state index is 11.2. The third-order valence-corrected chi connectivity index (χ3v) is 4.75. The fourth-order valence-electron chi connectivity index (χ4n) is 3.78. The van der Waals surface area contributed by atoms with Crippen molar-refractivity contribution in [2.75, 3.05) is 0 Å². The molecule has 3 rings (SSSR count). The van der Waals surface area contributed by atoms with Crippen molar-refractivity contribution in [2.24, 2.45) is 0 Å². The molecule has 0 aromatic carbocycles. The highest BCUT2D eigenvalue weighted by Crippen LogP contribution is 2.43. The fourth-order valence-corrected chi connectivity index (χ4v) is 3.78. The van der Waals surface area contributed by atoms with Crippen LogP contribution in [0.25, 0.3) is 0 Å². The molecule has 2 fully saturated rings. The van der Waals surface area contributed by atoms with Gasteiger partial charge in [0.25, 0.3) is 0 Å². The molecule has 2 heterocycles. The number of hydrogen-bond acceptors (Lipinski definition) is 4. The Balaban J connectivity index is 1.75. The van der Waals surface area contributed by atoms with Gasteiger partial charge in [-0.2, -0.15) is 0 Å². The Morgan fingerprint density at radius 3 is 2.76 bits per heavy atom. The summed E-state index contributed by atoms with van der Waals surface area (Å²) in [6.07, 6.45) is 7.13. The lowest BCUT2D eigenvalue weighted by Gasteiger charge is -2.24. The summed E-state index contributed by atoms with van der Waals surface area (Å²) in [5.41, 5.74) is 0.857. The van der Waals surface area contributed by atoms with Crippen LogP contribution in [0, 0.1) is 0 Å². The van der Waals surface area contributed by atoms with Crippen molar-refractivity contribution in [1.29, 1.82) is 0 Å². The number of hydrogen-bond donors (Lipinski definition) is 1. The molecule has 6 nitrogen and oxygen atoms in total. The van der Waals surface area contributed by atoms with E-state index in [1.54, 1.807) is 4.68 Å². The van der Waals surface area contributed by atoms with E-state index in [0.29, 0.717) is 12.2 Å². The van der Waals surface area contributed by atoms with Crippen LogP contribution in [0.4, 0.5) is 0 Å². The SMILES string of the molecule is CC(C)c1c(C(=O)O)nnn1CC1CCC2(CCCC2)O1. The van der Waals surface area contributed by atoms with Gasteiger partial charge in [-0.25, -0.2) is 9.48 Å². The molecule has 1 saturated heterocycles. The molecular formula is C15H23N3O3. The van der Waals surface area contributed by atoms with Gasteiger partial charge in [0.1, 0.15) is 0 Å². The number of rotatable bonds is 4. The Kier molecular flexibility index (Phi) is 3.73. The molecule has 6 heteroatoms. The van der Waals surface area contributed by atoms with E-state index in [-0.39, 0.29) is 23.3 Å². The molecule has 1 aromatic rings. The maximum atomic E-state index is 11.2. The molecule has 1 aliphatic heterocycles. The number of carbonyl (C=O) groups is 1. The van der Waals surface area contributed by atoms with Gasteiger partial charge in [0.15, 0.2) is 5.69 Å². The van der Waals surface area contributed by atoms with Gasteiger partial charge in [-0.05, 0) is 31.6 Å². The molecule has 116 valence electrons. The predicted octanol–water partition coefficient (Wildman–Crippen LogP) is 2.59. The van der Waals surface area contributed by atoms with Gasteiger partial charge in [0, 0.05) is 0 Å². The van der Waals surface area contributed by atoms with Crippen molar-refractivity contribution in [1.82, 2.24) is 15.0 Å². The van der Waals surface area contributed by atoms with Crippen LogP contribution in [0.3, 0.4) is 0 Å². The molecular weight excluding hydrogens is 270 g/mol. The van der Waals surface area contributed by atoms with Crippen LogP contribution < -0.4 is 0 Å². The zero-order valence-electron chi connectivity index (χ0n) is 12.7. The van der Waals surface area contributed by atoms with Crippen LogP contribution in [-0.4, -0.2) is 37.8 Å². The van der Waals surface area contributed by atoms with Crippen LogP contribution in [0.1, 0.15) is 74.5 Å². The van der Waals surface area contributed by atoms with E-state index in [2.05, 4.69) is 10.3 Å². The van der Waals surface area contributed by atoms with Crippen LogP contribution in [0.2, 0.25) is 0 Å². The van der Waals surface area contributed by atoms with Crippen molar-refractivity contribution in [3.63, 3.8) is 0 Å². The average Bonchev–Trinajstić information content (AvgIpc) is 3.11. The molecule has 1 N–H and O–H groups in total. The number of ether oxygens (including phenoxy) is 1.